The molecule has 0 unspecified atom stereocenters. The van der Waals surface area contributed by atoms with Crippen molar-refractivity contribution in [3.63, 3.8) is 0 Å². The van der Waals surface area contributed by atoms with Gasteiger partial charge in [-0.05, 0) is 40.8 Å². The fourth-order valence-electron chi connectivity index (χ4n) is 1.52. The van der Waals surface area contributed by atoms with Gasteiger partial charge in [0.25, 0.3) is 0 Å². The van der Waals surface area contributed by atoms with Gasteiger partial charge in [-0.25, -0.2) is 0 Å². The van der Waals surface area contributed by atoms with E-state index in [1.807, 2.05) is 12.3 Å². The molecule has 0 spiro atoms. The number of carbonyl (C=O) groups is 1. The maximum absolute atomic E-state index is 11.7. The lowest BCUT2D eigenvalue weighted by Gasteiger charge is -2.06. The Kier molecular flexibility index (Phi) is 4.19. The van der Waals surface area contributed by atoms with E-state index in [0.29, 0.717) is 18.7 Å². The first-order chi connectivity index (χ1) is 8.63. The number of hydrogen-bond acceptors (Lipinski definition) is 3. The summed E-state index contributed by atoms with van der Waals surface area (Å²) >= 11 is 2.18. The Morgan fingerprint density at radius 3 is 3.00 bits per heavy atom. The van der Waals surface area contributed by atoms with Crippen molar-refractivity contribution in [3.05, 3.63) is 40.2 Å². The number of anilines is 2. The summed E-state index contributed by atoms with van der Waals surface area (Å²) in [5.74, 6) is -0.0499. The normalized spacial score (nSPS) is 10.3. The molecule has 2 rings (SSSR count). The first-order valence-electron chi connectivity index (χ1n) is 5.47. The van der Waals surface area contributed by atoms with Crippen LogP contribution in [-0.2, 0) is 11.3 Å². The van der Waals surface area contributed by atoms with Crippen LogP contribution in [0.1, 0.15) is 6.42 Å². The second-order valence-corrected chi connectivity index (χ2v) is 5.09. The van der Waals surface area contributed by atoms with E-state index in [-0.39, 0.29) is 5.91 Å². The summed E-state index contributed by atoms with van der Waals surface area (Å²) < 4.78 is 2.81. The van der Waals surface area contributed by atoms with Crippen LogP contribution in [0.3, 0.4) is 0 Å². The van der Waals surface area contributed by atoms with Crippen LogP contribution < -0.4 is 11.1 Å². The van der Waals surface area contributed by atoms with Crippen LogP contribution in [0.5, 0.6) is 0 Å². The molecular formula is C12H13IN4O. The molecule has 0 saturated carbocycles. The predicted molar refractivity (Wildman–Crippen MR) is 79.0 cm³/mol. The molecule has 1 aromatic heterocycles. The molecule has 5 nitrogen and oxygen atoms in total. The fraction of sp³-hybridized carbons (Fsp3) is 0.167. The fourth-order valence-corrected chi connectivity index (χ4v) is 1.96. The minimum atomic E-state index is -0.0499. The van der Waals surface area contributed by atoms with Crippen molar-refractivity contribution in [2.75, 3.05) is 11.1 Å². The minimum absolute atomic E-state index is 0.0499. The number of nitrogens with two attached hydrogens (primary N) is 1. The van der Waals surface area contributed by atoms with Crippen molar-refractivity contribution in [3.8, 4) is 0 Å². The number of nitrogens with one attached hydrogen (secondary N) is 1. The summed E-state index contributed by atoms with van der Waals surface area (Å²) in [4.78, 5) is 11.7. The molecular weight excluding hydrogens is 343 g/mol. The van der Waals surface area contributed by atoms with E-state index in [0.717, 1.165) is 9.26 Å². The lowest BCUT2D eigenvalue weighted by atomic mass is 10.2. The summed E-state index contributed by atoms with van der Waals surface area (Å²) in [6.07, 6.45) is 4.04. The topological polar surface area (TPSA) is 72.9 Å². The Bertz CT molecular complexity index is 553. The Hall–Kier alpha value is -1.57. The van der Waals surface area contributed by atoms with Crippen LogP contribution in [0.25, 0.3) is 0 Å². The summed E-state index contributed by atoms with van der Waals surface area (Å²) in [6, 6.07) is 7.13. The number of aryl methyl sites for hydroxylation is 1. The zero-order valence-corrected chi connectivity index (χ0v) is 11.8. The van der Waals surface area contributed by atoms with E-state index in [1.165, 1.54) is 0 Å². The van der Waals surface area contributed by atoms with Gasteiger partial charge in [-0.3, -0.25) is 9.48 Å². The summed E-state index contributed by atoms with van der Waals surface area (Å²) in [7, 11) is 0. The maximum Gasteiger partial charge on any atom is 0.226 e. The van der Waals surface area contributed by atoms with Crippen molar-refractivity contribution in [2.45, 2.75) is 13.0 Å². The van der Waals surface area contributed by atoms with Crippen molar-refractivity contribution in [1.82, 2.24) is 9.78 Å². The molecule has 0 aliphatic carbocycles. The molecule has 1 heterocycles. The second-order valence-electron chi connectivity index (χ2n) is 3.85. The Labute approximate surface area is 119 Å². The molecule has 0 radical (unpaired) electrons. The van der Waals surface area contributed by atoms with Gasteiger partial charge in [0.15, 0.2) is 0 Å². The Balaban J connectivity index is 1.85. The average Bonchev–Trinajstić information content (AvgIpc) is 2.73. The van der Waals surface area contributed by atoms with Crippen LogP contribution >= 0.6 is 22.6 Å². The molecule has 18 heavy (non-hydrogen) atoms. The summed E-state index contributed by atoms with van der Waals surface area (Å²) in [5, 5.41) is 6.92. The van der Waals surface area contributed by atoms with E-state index >= 15 is 0 Å². The molecule has 94 valence electrons. The van der Waals surface area contributed by atoms with Gasteiger partial charge in [-0.2, -0.15) is 5.10 Å². The summed E-state index contributed by atoms with van der Waals surface area (Å²) in [5.41, 5.74) is 6.99. The SMILES string of the molecule is Nc1cccc(NC(=O)CCn2cc(I)cn2)c1. The summed E-state index contributed by atoms with van der Waals surface area (Å²) in [6.45, 7) is 0.567. The van der Waals surface area contributed by atoms with Crippen LogP contribution in [0.15, 0.2) is 36.7 Å². The maximum atomic E-state index is 11.7. The van der Waals surface area contributed by atoms with Crippen LogP contribution in [-0.4, -0.2) is 15.7 Å². The van der Waals surface area contributed by atoms with Gasteiger partial charge in [0, 0.05) is 30.5 Å². The molecule has 0 aliphatic heterocycles. The van der Waals surface area contributed by atoms with Gasteiger partial charge < -0.3 is 11.1 Å². The largest absolute Gasteiger partial charge is 0.399 e. The van der Waals surface area contributed by atoms with Crippen LogP contribution in [0, 0.1) is 3.57 Å². The standard InChI is InChI=1S/C12H13IN4O/c13-9-7-15-17(8-9)5-4-12(18)16-11-3-1-2-10(14)6-11/h1-3,6-8H,4-5,14H2,(H,16,18). The van der Waals surface area contributed by atoms with E-state index in [4.69, 9.17) is 5.73 Å². The van der Waals surface area contributed by atoms with Crippen LogP contribution in [0.2, 0.25) is 0 Å². The number of benzene rings is 1. The van der Waals surface area contributed by atoms with Gasteiger partial charge in [0.2, 0.25) is 5.91 Å². The Morgan fingerprint density at radius 1 is 1.50 bits per heavy atom. The molecule has 0 saturated heterocycles. The molecule has 0 fully saturated rings. The van der Waals surface area contributed by atoms with Gasteiger partial charge in [-0.1, -0.05) is 6.07 Å². The smallest absolute Gasteiger partial charge is 0.226 e. The van der Waals surface area contributed by atoms with Gasteiger partial charge >= 0.3 is 0 Å². The number of nitrogens with zero attached hydrogens (tertiary/aromatic N) is 2. The van der Waals surface area contributed by atoms with E-state index in [1.54, 1.807) is 29.1 Å². The third kappa shape index (κ3) is 3.73. The van der Waals surface area contributed by atoms with E-state index < -0.39 is 0 Å². The van der Waals surface area contributed by atoms with E-state index in [9.17, 15) is 4.79 Å². The molecule has 2 aromatic rings. The van der Waals surface area contributed by atoms with Crippen molar-refractivity contribution in [1.29, 1.82) is 0 Å². The molecule has 1 aromatic carbocycles. The first kappa shape index (κ1) is 12.9. The number of rotatable bonds is 4. The van der Waals surface area contributed by atoms with E-state index in [2.05, 4.69) is 33.0 Å². The highest BCUT2D eigenvalue weighted by Crippen LogP contribution is 2.12. The molecule has 0 atom stereocenters. The quantitative estimate of drug-likeness (QED) is 0.651. The van der Waals surface area contributed by atoms with Gasteiger partial charge in [-0.15, -0.1) is 0 Å². The lowest BCUT2D eigenvalue weighted by Crippen LogP contribution is -2.14. The number of aromatic nitrogens is 2. The zero-order chi connectivity index (χ0) is 13.0. The molecule has 3 N–H and O–H groups in total. The average molecular weight is 356 g/mol. The lowest BCUT2D eigenvalue weighted by molar-refractivity contribution is -0.116. The number of amides is 1. The van der Waals surface area contributed by atoms with Crippen molar-refractivity contribution in [2.24, 2.45) is 0 Å². The third-order valence-electron chi connectivity index (χ3n) is 2.34. The monoisotopic (exact) mass is 356 g/mol. The molecule has 0 aliphatic rings. The second kappa shape index (κ2) is 5.85. The van der Waals surface area contributed by atoms with Crippen molar-refractivity contribution >= 4 is 39.9 Å². The number of carbonyl (C=O) groups excluding carboxylic acids is 1. The zero-order valence-electron chi connectivity index (χ0n) is 9.64. The third-order valence-corrected chi connectivity index (χ3v) is 2.90. The van der Waals surface area contributed by atoms with Crippen LogP contribution in [0.4, 0.5) is 11.4 Å². The van der Waals surface area contributed by atoms with Crippen molar-refractivity contribution < 1.29 is 4.79 Å². The number of halogens is 1. The highest BCUT2D eigenvalue weighted by molar-refractivity contribution is 14.1. The predicted octanol–water partition coefficient (Wildman–Crippen LogP) is 2.10. The molecule has 0 bridgehead atoms. The molecule has 6 heteroatoms. The Morgan fingerprint density at radius 2 is 2.33 bits per heavy atom. The first-order valence-corrected chi connectivity index (χ1v) is 6.55. The molecule has 1 amide bonds. The van der Waals surface area contributed by atoms with Gasteiger partial charge in [0.05, 0.1) is 9.77 Å². The minimum Gasteiger partial charge on any atom is -0.399 e. The number of hydrogen-bond donors (Lipinski definition) is 2. The number of nitrogen functional groups attached to an aromatic ring is 1. The highest BCUT2D eigenvalue weighted by Gasteiger charge is 2.03. The van der Waals surface area contributed by atoms with Gasteiger partial charge in [0.1, 0.15) is 0 Å². The highest BCUT2D eigenvalue weighted by atomic mass is 127.